The van der Waals surface area contributed by atoms with Gasteiger partial charge >= 0.3 is 19.4 Å². The number of nitrogens with one attached hydrogen (secondary N) is 2. The molecule has 0 saturated carbocycles. The quantitative estimate of drug-likeness (QED) is 0.164. The van der Waals surface area contributed by atoms with E-state index in [4.69, 9.17) is 24.9 Å². The molecular weight excluding hydrogens is 533 g/mol. The van der Waals surface area contributed by atoms with E-state index in [1.54, 1.807) is 32.0 Å². The van der Waals surface area contributed by atoms with Gasteiger partial charge in [0.1, 0.15) is 24.0 Å². The van der Waals surface area contributed by atoms with E-state index in [1.807, 2.05) is 17.8 Å². The second-order valence-electron chi connectivity index (χ2n) is 9.11. The second-order valence-corrected chi connectivity index (χ2v) is 10.8. The molecule has 13 nitrogen and oxygen atoms in total. The number of aromatic amines is 1. The number of aliphatic hydroxyl groups is 2. The summed E-state index contributed by atoms with van der Waals surface area (Å²) in [5.41, 5.74) is -4.05. The van der Waals surface area contributed by atoms with Crippen LogP contribution in [0, 0.1) is 12.3 Å². The Morgan fingerprint density at radius 2 is 2.00 bits per heavy atom. The van der Waals surface area contributed by atoms with E-state index in [1.165, 1.54) is 12.1 Å². The third-order valence-electron chi connectivity index (χ3n) is 5.72. The molecule has 3 rings (SSSR count). The Morgan fingerprint density at radius 3 is 2.59 bits per heavy atom. The Morgan fingerprint density at radius 1 is 1.31 bits per heavy atom. The number of carbonyl (C=O) groups excluding carboxylic acids is 1. The Labute approximate surface area is 224 Å². The molecule has 1 aliphatic heterocycles. The highest BCUT2D eigenvalue weighted by atomic mass is 31.2. The van der Waals surface area contributed by atoms with Crippen molar-refractivity contribution in [1.82, 2.24) is 14.6 Å². The van der Waals surface area contributed by atoms with Gasteiger partial charge in [0.25, 0.3) is 5.56 Å². The highest BCUT2D eigenvalue weighted by Crippen LogP contribution is 2.47. The zero-order chi connectivity index (χ0) is 28.8. The molecule has 39 heavy (non-hydrogen) atoms. The van der Waals surface area contributed by atoms with Crippen molar-refractivity contribution in [2.75, 3.05) is 6.61 Å². The van der Waals surface area contributed by atoms with Gasteiger partial charge in [0.05, 0.1) is 12.7 Å². The van der Waals surface area contributed by atoms with Crippen LogP contribution in [0.1, 0.15) is 39.8 Å². The normalized spacial score (nSPS) is 25.0. The number of hydrogen-bond donors (Lipinski definition) is 4. The summed E-state index contributed by atoms with van der Waals surface area (Å²) < 4.78 is 36.9. The molecule has 14 heteroatoms. The van der Waals surface area contributed by atoms with Crippen LogP contribution >= 0.6 is 7.75 Å². The van der Waals surface area contributed by atoms with E-state index in [9.17, 15) is 29.2 Å². The monoisotopic (exact) mass is 565 g/mol. The molecule has 2 heterocycles. The standard InChI is InChI=1S/C25H32N3O10P/c1-5-10-18(22(31)36-16(3)4)27-39(34,38-17-11-8-7-9-12-17)35-15-19-21(30)25(33,6-2)23(37-19)28-14-13-20(29)26-24(28)32/h2,7-9,11-14,16,18-19,21,23,30,33H,5,10,15H2,1,3-4H3,(H,27,34)(H,26,29,32)/t18-,19+,21+,23+,25+,39?/m0/s1. The molecule has 0 aliphatic carbocycles. The average molecular weight is 566 g/mol. The summed E-state index contributed by atoms with van der Waals surface area (Å²) in [4.78, 5) is 38.4. The Balaban J connectivity index is 1.87. The first-order valence-corrected chi connectivity index (χ1v) is 13.8. The van der Waals surface area contributed by atoms with Gasteiger partial charge in [0.2, 0.25) is 0 Å². The van der Waals surface area contributed by atoms with Crippen LogP contribution < -0.4 is 20.9 Å². The zero-order valence-electron chi connectivity index (χ0n) is 21.7. The number of H-pyrrole nitrogens is 1. The zero-order valence-corrected chi connectivity index (χ0v) is 22.6. The number of aliphatic hydroxyl groups excluding tert-OH is 1. The molecule has 2 aromatic rings. The number of para-hydroxylation sites is 1. The summed E-state index contributed by atoms with van der Waals surface area (Å²) in [5.74, 6) is 1.52. The molecule has 1 fully saturated rings. The van der Waals surface area contributed by atoms with Gasteiger partial charge in [0, 0.05) is 12.3 Å². The van der Waals surface area contributed by atoms with Crippen molar-refractivity contribution in [3.8, 4) is 18.1 Å². The number of aromatic nitrogens is 2. The maximum absolute atomic E-state index is 13.9. The summed E-state index contributed by atoms with van der Waals surface area (Å²) >= 11 is 0. The number of rotatable bonds is 12. The Kier molecular flexibility index (Phi) is 9.90. The largest absolute Gasteiger partial charge is 0.462 e. The minimum atomic E-state index is -4.35. The first-order valence-electron chi connectivity index (χ1n) is 12.2. The number of esters is 1. The Hall–Kier alpha value is -3.24. The number of terminal acetylenes is 1. The molecule has 1 saturated heterocycles. The van der Waals surface area contributed by atoms with Gasteiger partial charge in [-0.15, -0.1) is 6.42 Å². The molecule has 4 N–H and O–H groups in total. The highest BCUT2D eigenvalue weighted by Gasteiger charge is 2.56. The molecule has 6 atom stereocenters. The smallest absolute Gasteiger partial charge is 0.459 e. The van der Waals surface area contributed by atoms with Crippen molar-refractivity contribution < 1.29 is 38.1 Å². The molecule has 0 bridgehead atoms. The fourth-order valence-corrected chi connectivity index (χ4v) is 5.40. The van der Waals surface area contributed by atoms with E-state index < -0.39 is 67.8 Å². The van der Waals surface area contributed by atoms with Crippen LogP contribution in [0.3, 0.4) is 0 Å². The van der Waals surface area contributed by atoms with Crippen LogP contribution in [0.2, 0.25) is 0 Å². The van der Waals surface area contributed by atoms with Crippen molar-refractivity contribution in [2.45, 2.75) is 69.8 Å². The van der Waals surface area contributed by atoms with Crippen molar-refractivity contribution >= 4 is 13.7 Å². The van der Waals surface area contributed by atoms with Crippen molar-refractivity contribution in [3.05, 3.63) is 63.4 Å². The maximum atomic E-state index is 13.9. The highest BCUT2D eigenvalue weighted by molar-refractivity contribution is 7.52. The summed E-state index contributed by atoms with van der Waals surface area (Å²) in [6, 6.07) is 7.99. The van der Waals surface area contributed by atoms with E-state index in [0.717, 1.165) is 16.8 Å². The van der Waals surface area contributed by atoms with E-state index in [2.05, 4.69) is 5.09 Å². The fraction of sp³-hybridized carbons (Fsp3) is 0.480. The van der Waals surface area contributed by atoms with Crippen LogP contribution in [0.25, 0.3) is 0 Å². The van der Waals surface area contributed by atoms with Crippen LogP contribution in [0.15, 0.2) is 52.2 Å². The predicted octanol–water partition coefficient (Wildman–Crippen LogP) is 1.07. The number of nitrogens with zero attached hydrogens (tertiary/aromatic N) is 1. The van der Waals surface area contributed by atoms with E-state index >= 15 is 0 Å². The van der Waals surface area contributed by atoms with E-state index in [-0.39, 0.29) is 12.2 Å². The first-order chi connectivity index (χ1) is 18.4. The minimum Gasteiger partial charge on any atom is -0.462 e. The average Bonchev–Trinajstić information content (AvgIpc) is 3.13. The fourth-order valence-electron chi connectivity index (χ4n) is 3.86. The third kappa shape index (κ3) is 7.24. The van der Waals surface area contributed by atoms with Crippen molar-refractivity contribution in [2.24, 2.45) is 0 Å². The number of carbonyl (C=O) groups is 1. The van der Waals surface area contributed by atoms with Crippen molar-refractivity contribution in [3.63, 3.8) is 0 Å². The maximum Gasteiger partial charge on any atom is 0.459 e. The molecule has 1 unspecified atom stereocenters. The summed E-state index contributed by atoms with van der Waals surface area (Å²) in [6.07, 6.45) is 2.04. The van der Waals surface area contributed by atoms with Crippen LogP contribution in [0.4, 0.5) is 0 Å². The van der Waals surface area contributed by atoms with Crippen LogP contribution in [0.5, 0.6) is 5.75 Å². The molecule has 0 radical (unpaired) electrons. The second kappa shape index (κ2) is 12.7. The molecule has 0 amide bonds. The molecular formula is C25H32N3O10P. The lowest BCUT2D eigenvalue weighted by atomic mass is 9.95. The van der Waals surface area contributed by atoms with Crippen LogP contribution in [-0.2, 0) is 23.4 Å². The van der Waals surface area contributed by atoms with Gasteiger partial charge < -0.3 is 24.2 Å². The predicted molar refractivity (Wildman–Crippen MR) is 139 cm³/mol. The van der Waals surface area contributed by atoms with Crippen molar-refractivity contribution in [1.29, 1.82) is 0 Å². The SMILES string of the molecule is C#C[C@@]1(O)[C@H](O)[C@@H](COP(=O)(N[C@@H](CCC)C(=O)OC(C)C)Oc2ccccc2)O[C@H]1n1ccc(=O)[nH]c1=O. The lowest BCUT2D eigenvalue weighted by molar-refractivity contribution is -0.149. The van der Waals surface area contributed by atoms with Gasteiger partial charge in [-0.2, -0.15) is 5.09 Å². The van der Waals surface area contributed by atoms with E-state index in [0.29, 0.717) is 6.42 Å². The molecule has 1 aliphatic rings. The molecule has 212 valence electrons. The number of benzene rings is 1. The summed E-state index contributed by atoms with van der Waals surface area (Å²) in [6.45, 7) is 4.53. The van der Waals surface area contributed by atoms with Gasteiger partial charge in [0.15, 0.2) is 11.8 Å². The molecule has 1 aromatic heterocycles. The summed E-state index contributed by atoms with van der Waals surface area (Å²) in [5, 5.41) is 24.4. The van der Waals surface area contributed by atoms with Gasteiger partial charge in [-0.1, -0.05) is 37.5 Å². The summed E-state index contributed by atoms with van der Waals surface area (Å²) in [7, 11) is -4.35. The van der Waals surface area contributed by atoms with Gasteiger partial charge in [-0.05, 0) is 32.4 Å². The first kappa shape index (κ1) is 30.3. The molecule has 0 spiro atoms. The molecule has 1 aromatic carbocycles. The topological polar surface area (TPSA) is 178 Å². The lowest BCUT2D eigenvalue weighted by Gasteiger charge is -2.27. The lowest BCUT2D eigenvalue weighted by Crippen LogP contribution is -2.48. The van der Waals surface area contributed by atoms with Gasteiger partial charge in [-0.25, -0.2) is 9.36 Å². The van der Waals surface area contributed by atoms with Gasteiger partial charge in [-0.3, -0.25) is 23.7 Å². The number of hydrogen-bond acceptors (Lipinski definition) is 10. The van der Waals surface area contributed by atoms with Crippen LogP contribution in [-0.4, -0.2) is 62.3 Å². The number of ether oxygens (including phenoxy) is 2. The minimum absolute atomic E-state index is 0.159. The third-order valence-corrected chi connectivity index (χ3v) is 7.29. The Bertz CT molecular complexity index is 1340.